The third kappa shape index (κ3) is 5.81. The van der Waals surface area contributed by atoms with Gasteiger partial charge in [-0.05, 0) is 0 Å². The Labute approximate surface area is 72.4 Å². The summed E-state index contributed by atoms with van der Waals surface area (Å²) < 4.78 is 10.5. The van der Waals surface area contributed by atoms with Gasteiger partial charge in [0.1, 0.15) is 0 Å². The van der Waals surface area contributed by atoms with Crippen molar-refractivity contribution in [2.45, 2.75) is 13.8 Å². The molecule has 0 atom stereocenters. The van der Waals surface area contributed by atoms with Gasteiger partial charge in [0.15, 0.2) is 0 Å². The predicted molar refractivity (Wildman–Crippen MR) is 41.7 cm³/mol. The summed E-state index contributed by atoms with van der Waals surface area (Å²) in [6.07, 6.45) is 0. The molecule has 9 heavy (non-hydrogen) atoms. The fraction of sp³-hybridized carbons (Fsp3) is 1.00. The molecule has 0 saturated carbocycles. The van der Waals surface area contributed by atoms with Crippen molar-refractivity contribution < 1.29 is 9.05 Å². The molecule has 0 spiro atoms. The Morgan fingerprint density at radius 2 is 1.44 bits per heavy atom. The van der Waals surface area contributed by atoms with E-state index in [9.17, 15) is 0 Å². The third-order valence-electron chi connectivity index (χ3n) is 0.574. The molecular formula is C4H10O2PSe2+. The molecule has 0 amide bonds. The summed E-state index contributed by atoms with van der Waals surface area (Å²) in [5.41, 5.74) is 0. The van der Waals surface area contributed by atoms with Crippen molar-refractivity contribution in [3.8, 4) is 0 Å². The zero-order valence-corrected chi connectivity index (χ0v) is 9.81. The Balaban J connectivity index is 3.43. The predicted octanol–water partition coefficient (Wildman–Crippen LogP) is 1.07. The van der Waals surface area contributed by atoms with E-state index in [1.807, 2.05) is 13.8 Å². The van der Waals surface area contributed by atoms with E-state index in [0.29, 0.717) is 13.2 Å². The van der Waals surface area contributed by atoms with Gasteiger partial charge in [-0.15, -0.1) is 0 Å². The number of hydrogen-bond acceptors (Lipinski definition) is 2. The molecule has 0 aromatic rings. The molecule has 0 aliphatic carbocycles. The molecule has 0 rings (SSSR count). The molecule has 0 unspecified atom stereocenters. The van der Waals surface area contributed by atoms with Crippen molar-refractivity contribution in [3.63, 3.8) is 0 Å². The molecule has 0 fully saturated rings. The first-order chi connectivity index (χ1) is 4.12. The van der Waals surface area contributed by atoms with E-state index in [1.54, 1.807) is 0 Å². The summed E-state index contributed by atoms with van der Waals surface area (Å²) in [7, 11) is 0. The van der Waals surface area contributed by atoms with Crippen molar-refractivity contribution in [3.05, 3.63) is 0 Å². The van der Waals surface area contributed by atoms with Crippen LogP contribution in [0.25, 0.3) is 0 Å². The minimum absolute atomic E-state index is 0.688. The second-order valence-corrected chi connectivity index (χ2v) is 12.3. The molecule has 0 aliphatic rings. The van der Waals surface area contributed by atoms with E-state index < -0.39 is 5.10 Å². The number of hydrogen-bond donors (Lipinski definition) is 0. The monoisotopic (exact) mass is 281 g/mol. The molecular weight excluding hydrogens is 269 g/mol. The average Bonchev–Trinajstić information content (AvgIpc) is 1.64. The summed E-state index contributed by atoms with van der Waals surface area (Å²) >= 11 is 5.73. The normalized spacial score (nSPS) is 12.0. The van der Waals surface area contributed by atoms with Gasteiger partial charge < -0.3 is 0 Å². The Morgan fingerprint density at radius 3 is 1.67 bits per heavy atom. The van der Waals surface area contributed by atoms with E-state index in [0.717, 1.165) is 0 Å². The van der Waals surface area contributed by atoms with Crippen molar-refractivity contribution in [2.24, 2.45) is 0 Å². The zero-order valence-electron chi connectivity index (χ0n) is 5.49. The molecule has 0 heterocycles. The van der Waals surface area contributed by atoms with Crippen molar-refractivity contribution in [2.75, 3.05) is 13.2 Å². The van der Waals surface area contributed by atoms with Crippen LogP contribution in [0.4, 0.5) is 0 Å². The molecule has 0 bridgehead atoms. The Hall–Kier alpha value is 1.39. The van der Waals surface area contributed by atoms with Crippen LogP contribution < -0.4 is 0 Å². The quantitative estimate of drug-likeness (QED) is 0.566. The van der Waals surface area contributed by atoms with Gasteiger partial charge in [-0.2, -0.15) is 0 Å². The van der Waals surface area contributed by atoms with Gasteiger partial charge in [0, 0.05) is 0 Å². The van der Waals surface area contributed by atoms with Crippen LogP contribution in [-0.2, 0) is 9.05 Å². The minimum atomic E-state index is -1.69. The molecule has 0 aromatic heterocycles. The van der Waals surface area contributed by atoms with E-state index >= 15 is 0 Å². The van der Waals surface area contributed by atoms with Crippen LogP contribution >= 0.6 is 5.10 Å². The van der Waals surface area contributed by atoms with Gasteiger partial charge in [0.05, 0.1) is 0 Å². The van der Waals surface area contributed by atoms with Crippen molar-refractivity contribution >= 4 is 36.2 Å². The topological polar surface area (TPSA) is 18.5 Å². The molecule has 0 aromatic carbocycles. The zero-order chi connectivity index (χ0) is 7.33. The van der Waals surface area contributed by atoms with E-state index in [2.05, 4.69) is 31.1 Å². The van der Waals surface area contributed by atoms with Gasteiger partial charge >= 0.3 is 72.3 Å². The summed E-state index contributed by atoms with van der Waals surface area (Å²) in [5.74, 6) is 0. The van der Waals surface area contributed by atoms with Crippen LogP contribution in [0.15, 0.2) is 0 Å². The standard InChI is InChI=1S/C4H10O2PSe2/c1-3-5-7(8,9)6-4-2/h3-4H2,1-2H3/q+1. The average molecular weight is 279 g/mol. The molecule has 5 heteroatoms. The Bertz CT molecular complexity index is 71.0. The van der Waals surface area contributed by atoms with Gasteiger partial charge in [-0.3, -0.25) is 0 Å². The second kappa shape index (κ2) is 5.09. The van der Waals surface area contributed by atoms with E-state index in [-0.39, 0.29) is 0 Å². The first-order valence-electron chi connectivity index (χ1n) is 2.72. The summed E-state index contributed by atoms with van der Waals surface area (Å²) in [4.78, 5) is 0. The van der Waals surface area contributed by atoms with Gasteiger partial charge in [0.25, 0.3) is 0 Å². The van der Waals surface area contributed by atoms with Crippen LogP contribution in [0.1, 0.15) is 13.8 Å². The van der Waals surface area contributed by atoms with Crippen LogP contribution in [0.2, 0.25) is 0 Å². The van der Waals surface area contributed by atoms with Crippen LogP contribution in [0.3, 0.4) is 0 Å². The Kier molecular flexibility index (Phi) is 5.88. The first kappa shape index (κ1) is 10.4. The second-order valence-electron chi connectivity index (χ2n) is 1.28. The summed E-state index contributed by atoms with van der Waals surface area (Å²) in [6, 6.07) is 0. The molecule has 54 valence electrons. The van der Waals surface area contributed by atoms with Crippen LogP contribution in [0, 0.1) is 0 Å². The molecule has 2 radical (unpaired) electrons. The van der Waals surface area contributed by atoms with Gasteiger partial charge in [-0.25, -0.2) is 0 Å². The van der Waals surface area contributed by atoms with Crippen molar-refractivity contribution in [1.29, 1.82) is 0 Å². The van der Waals surface area contributed by atoms with Crippen molar-refractivity contribution in [1.82, 2.24) is 0 Å². The molecule has 0 N–H and O–H groups in total. The maximum atomic E-state index is 5.25. The van der Waals surface area contributed by atoms with E-state index in [1.165, 1.54) is 0 Å². The Morgan fingerprint density at radius 1 is 1.11 bits per heavy atom. The molecule has 0 aliphatic heterocycles. The van der Waals surface area contributed by atoms with Gasteiger partial charge in [-0.1, -0.05) is 0 Å². The number of rotatable bonds is 4. The van der Waals surface area contributed by atoms with E-state index in [4.69, 9.17) is 9.05 Å². The summed E-state index contributed by atoms with van der Waals surface area (Å²) in [5, 5.41) is -1.69. The third-order valence-corrected chi connectivity index (χ3v) is 4.38. The SMILES string of the molecule is CCO[P+]([Se])([Se])OCC. The fourth-order valence-electron chi connectivity index (χ4n) is 0.353. The molecule has 2 nitrogen and oxygen atoms in total. The maximum absolute atomic E-state index is 5.25. The molecule has 0 saturated heterocycles. The van der Waals surface area contributed by atoms with Crippen LogP contribution in [0.5, 0.6) is 0 Å². The fourth-order valence-corrected chi connectivity index (χ4v) is 3.71. The van der Waals surface area contributed by atoms with Gasteiger partial charge in [0.2, 0.25) is 0 Å². The first-order valence-corrected chi connectivity index (χ1v) is 8.78. The summed E-state index contributed by atoms with van der Waals surface area (Å²) in [6.45, 7) is 5.27. The van der Waals surface area contributed by atoms with Crippen LogP contribution in [-0.4, -0.2) is 44.4 Å².